The molecule has 0 heterocycles. The van der Waals surface area contributed by atoms with Crippen LogP contribution in [0, 0.1) is 0 Å². The number of hydrogen-bond donors (Lipinski definition) is 2. The lowest BCUT2D eigenvalue weighted by molar-refractivity contribution is 0.0438. The van der Waals surface area contributed by atoms with Crippen molar-refractivity contribution < 1.29 is 9.84 Å². The predicted molar refractivity (Wildman–Crippen MR) is 54.5 cm³/mol. The van der Waals surface area contributed by atoms with E-state index in [4.69, 9.17) is 4.74 Å². The van der Waals surface area contributed by atoms with Crippen molar-refractivity contribution >= 4 is 0 Å². The smallest absolute Gasteiger partial charge is 0.0885 e. The topological polar surface area (TPSA) is 41.5 Å². The standard InChI is InChI=1S/C10H21NO2/c1-5-13-8-6-7-11-9(2)10(3,4)12/h5,9,11-12H,1,6-8H2,2-4H3. The molecule has 1 unspecified atom stereocenters. The molecule has 0 aliphatic rings. The molecule has 0 spiro atoms. The van der Waals surface area contributed by atoms with E-state index in [1.165, 1.54) is 6.26 Å². The highest BCUT2D eigenvalue weighted by Crippen LogP contribution is 2.06. The van der Waals surface area contributed by atoms with E-state index in [1.807, 2.05) is 6.92 Å². The first-order valence-corrected chi connectivity index (χ1v) is 4.66. The highest BCUT2D eigenvalue weighted by molar-refractivity contribution is 4.79. The van der Waals surface area contributed by atoms with Crippen LogP contribution in [0.15, 0.2) is 12.8 Å². The summed E-state index contributed by atoms with van der Waals surface area (Å²) in [5.41, 5.74) is -0.667. The molecule has 0 bridgehead atoms. The van der Waals surface area contributed by atoms with Crippen molar-refractivity contribution in [1.29, 1.82) is 0 Å². The van der Waals surface area contributed by atoms with Crippen molar-refractivity contribution in [2.24, 2.45) is 0 Å². The van der Waals surface area contributed by atoms with Gasteiger partial charge in [0, 0.05) is 6.04 Å². The Kier molecular flexibility index (Phi) is 5.75. The maximum absolute atomic E-state index is 9.58. The molecule has 3 nitrogen and oxygen atoms in total. The van der Waals surface area contributed by atoms with E-state index in [-0.39, 0.29) is 6.04 Å². The number of hydrogen-bond acceptors (Lipinski definition) is 3. The minimum absolute atomic E-state index is 0.0937. The fourth-order valence-electron chi connectivity index (χ4n) is 0.807. The molecule has 1 atom stereocenters. The summed E-state index contributed by atoms with van der Waals surface area (Å²) in [6.07, 6.45) is 2.37. The molecular formula is C10H21NO2. The minimum atomic E-state index is -0.667. The van der Waals surface area contributed by atoms with Gasteiger partial charge < -0.3 is 15.2 Å². The Hall–Kier alpha value is -0.540. The van der Waals surface area contributed by atoms with Crippen LogP contribution < -0.4 is 5.32 Å². The second kappa shape index (κ2) is 6.00. The molecule has 78 valence electrons. The quantitative estimate of drug-likeness (QED) is 0.466. The molecule has 0 aromatic carbocycles. The lowest BCUT2D eigenvalue weighted by atomic mass is 10.0. The lowest BCUT2D eigenvalue weighted by Crippen LogP contribution is -2.44. The van der Waals surface area contributed by atoms with E-state index in [9.17, 15) is 5.11 Å². The molecule has 0 aromatic rings. The maximum Gasteiger partial charge on any atom is 0.0885 e. The molecule has 0 rings (SSSR count). The molecule has 0 saturated heterocycles. The van der Waals surface area contributed by atoms with Crippen LogP contribution in [0.2, 0.25) is 0 Å². The molecular weight excluding hydrogens is 166 g/mol. The zero-order valence-corrected chi connectivity index (χ0v) is 8.84. The third kappa shape index (κ3) is 6.61. The van der Waals surface area contributed by atoms with Crippen LogP contribution in [0.4, 0.5) is 0 Å². The van der Waals surface area contributed by atoms with Gasteiger partial charge in [-0.3, -0.25) is 0 Å². The monoisotopic (exact) mass is 187 g/mol. The van der Waals surface area contributed by atoms with Crippen LogP contribution in [-0.4, -0.2) is 29.9 Å². The average molecular weight is 187 g/mol. The van der Waals surface area contributed by atoms with Gasteiger partial charge in [0.05, 0.1) is 18.5 Å². The highest BCUT2D eigenvalue weighted by atomic mass is 16.5. The van der Waals surface area contributed by atoms with Gasteiger partial charge in [0.1, 0.15) is 0 Å². The number of rotatable bonds is 7. The Morgan fingerprint density at radius 2 is 2.23 bits per heavy atom. The van der Waals surface area contributed by atoms with Gasteiger partial charge in [0.15, 0.2) is 0 Å². The van der Waals surface area contributed by atoms with E-state index >= 15 is 0 Å². The van der Waals surface area contributed by atoms with Gasteiger partial charge in [-0.1, -0.05) is 6.58 Å². The SMILES string of the molecule is C=COCCCNC(C)C(C)(C)O. The summed E-state index contributed by atoms with van der Waals surface area (Å²) in [6, 6.07) is 0.0937. The molecule has 0 aromatic heterocycles. The molecule has 0 aliphatic heterocycles. The Labute approximate surface area is 80.8 Å². The largest absolute Gasteiger partial charge is 0.502 e. The Morgan fingerprint density at radius 3 is 2.69 bits per heavy atom. The fourth-order valence-corrected chi connectivity index (χ4v) is 0.807. The number of aliphatic hydroxyl groups is 1. The minimum Gasteiger partial charge on any atom is -0.502 e. The Balaban J connectivity index is 3.37. The lowest BCUT2D eigenvalue weighted by Gasteiger charge is -2.26. The summed E-state index contributed by atoms with van der Waals surface area (Å²) >= 11 is 0. The normalized spacial score (nSPS) is 13.8. The van der Waals surface area contributed by atoms with Crippen molar-refractivity contribution in [2.75, 3.05) is 13.2 Å². The van der Waals surface area contributed by atoms with Gasteiger partial charge in [0.2, 0.25) is 0 Å². The zero-order valence-electron chi connectivity index (χ0n) is 8.84. The third-order valence-corrected chi connectivity index (χ3v) is 2.07. The van der Waals surface area contributed by atoms with Gasteiger partial charge in [-0.25, -0.2) is 0 Å². The first kappa shape index (κ1) is 12.5. The molecule has 0 amide bonds. The van der Waals surface area contributed by atoms with Gasteiger partial charge in [-0.15, -0.1) is 0 Å². The maximum atomic E-state index is 9.58. The summed E-state index contributed by atoms with van der Waals surface area (Å²) in [7, 11) is 0. The van der Waals surface area contributed by atoms with E-state index in [0.29, 0.717) is 6.61 Å². The van der Waals surface area contributed by atoms with Crippen LogP contribution in [0.3, 0.4) is 0 Å². The molecule has 2 N–H and O–H groups in total. The van der Waals surface area contributed by atoms with Crippen LogP contribution in [-0.2, 0) is 4.74 Å². The highest BCUT2D eigenvalue weighted by Gasteiger charge is 2.20. The molecule has 0 saturated carbocycles. The predicted octanol–water partition coefficient (Wildman–Crippen LogP) is 1.29. The molecule has 0 fully saturated rings. The molecule has 0 radical (unpaired) electrons. The second-order valence-electron chi connectivity index (χ2n) is 3.72. The van der Waals surface area contributed by atoms with Crippen molar-refractivity contribution in [2.45, 2.75) is 38.8 Å². The van der Waals surface area contributed by atoms with Crippen LogP contribution in [0.25, 0.3) is 0 Å². The third-order valence-electron chi connectivity index (χ3n) is 2.07. The van der Waals surface area contributed by atoms with Gasteiger partial charge >= 0.3 is 0 Å². The summed E-state index contributed by atoms with van der Waals surface area (Å²) < 4.78 is 4.96. The number of nitrogens with one attached hydrogen (secondary N) is 1. The van der Waals surface area contributed by atoms with E-state index in [2.05, 4.69) is 11.9 Å². The summed E-state index contributed by atoms with van der Waals surface area (Å²) in [5, 5.41) is 12.8. The van der Waals surface area contributed by atoms with Crippen molar-refractivity contribution in [3.63, 3.8) is 0 Å². The van der Waals surface area contributed by atoms with Crippen molar-refractivity contribution in [3.8, 4) is 0 Å². The van der Waals surface area contributed by atoms with Crippen molar-refractivity contribution in [1.82, 2.24) is 5.32 Å². The summed E-state index contributed by atoms with van der Waals surface area (Å²) in [6.45, 7) is 10.5. The molecule has 0 aliphatic carbocycles. The van der Waals surface area contributed by atoms with Gasteiger partial charge in [-0.2, -0.15) is 0 Å². The van der Waals surface area contributed by atoms with Gasteiger partial charge in [0.25, 0.3) is 0 Å². The second-order valence-corrected chi connectivity index (χ2v) is 3.72. The summed E-state index contributed by atoms with van der Waals surface area (Å²) in [5.74, 6) is 0. The zero-order chi connectivity index (χ0) is 10.3. The van der Waals surface area contributed by atoms with E-state index in [0.717, 1.165) is 13.0 Å². The van der Waals surface area contributed by atoms with Crippen LogP contribution in [0.5, 0.6) is 0 Å². The summed E-state index contributed by atoms with van der Waals surface area (Å²) in [4.78, 5) is 0. The molecule has 13 heavy (non-hydrogen) atoms. The molecule has 3 heteroatoms. The Bertz CT molecular complexity index is 140. The van der Waals surface area contributed by atoms with Crippen LogP contribution in [0.1, 0.15) is 27.2 Å². The van der Waals surface area contributed by atoms with E-state index in [1.54, 1.807) is 13.8 Å². The first-order chi connectivity index (χ1) is 5.98. The Morgan fingerprint density at radius 1 is 1.62 bits per heavy atom. The fraction of sp³-hybridized carbons (Fsp3) is 0.800. The first-order valence-electron chi connectivity index (χ1n) is 4.66. The van der Waals surface area contributed by atoms with Crippen LogP contribution >= 0.6 is 0 Å². The number of ether oxygens (including phenoxy) is 1. The van der Waals surface area contributed by atoms with Gasteiger partial charge in [-0.05, 0) is 33.7 Å². The average Bonchev–Trinajstić information content (AvgIpc) is 2.02. The van der Waals surface area contributed by atoms with Crippen molar-refractivity contribution in [3.05, 3.63) is 12.8 Å². The van der Waals surface area contributed by atoms with E-state index < -0.39 is 5.60 Å².